The van der Waals surface area contributed by atoms with E-state index in [-0.39, 0.29) is 0 Å². The Kier molecular flexibility index (Phi) is 5.14. The monoisotopic (exact) mass is 336 g/mol. The van der Waals surface area contributed by atoms with Crippen LogP contribution in [0.4, 0.5) is 5.82 Å². The number of nitrogens with zero attached hydrogens (tertiary/aromatic N) is 3. The summed E-state index contributed by atoms with van der Waals surface area (Å²) in [6, 6.07) is 12.3. The maximum atomic E-state index is 5.18. The second-order valence-electron chi connectivity index (χ2n) is 6.18. The summed E-state index contributed by atoms with van der Waals surface area (Å²) in [6.45, 7) is 7.83. The first-order valence-corrected chi connectivity index (χ1v) is 8.41. The molecule has 25 heavy (non-hydrogen) atoms. The molecular weight excluding hydrogens is 312 g/mol. The molecule has 0 spiro atoms. The summed E-state index contributed by atoms with van der Waals surface area (Å²) in [4.78, 5) is 4.61. The third-order valence-electron chi connectivity index (χ3n) is 4.44. The van der Waals surface area contributed by atoms with Gasteiger partial charge < -0.3 is 9.30 Å². The van der Waals surface area contributed by atoms with Crippen molar-refractivity contribution in [1.82, 2.24) is 9.55 Å². The number of hydrazone groups is 1. The average Bonchev–Trinajstić information content (AvgIpc) is 2.87. The van der Waals surface area contributed by atoms with Crippen LogP contribution in [0.25, 0.3) is 10.9 Å². The number of nitrogens with one attached hydrogen (secondary N) is 1. The number of aryl methyl sites for hydroxylation is 2. The Morgan fingerprint density at radius 1 is 1.20 bits per heavy atom. The lowest BCUT2D eigenvalue weighted by atomic mass is 10.1. The Hall–Kier alpha value is -2.66. The Morgan fingerprint density at radius 2 is 2.00 bits per heavy atom. The number of benzene rings is 1. The van der Waals surface area contributed by atoms with Gasteiger partial charge in [0.05, 0.1) is 18.3 Å². The van der Waals surface area contributed by atoms with Crippen molar-refractivity contribution in [1.29, 1.82) is 0 Å². The molecular formula is C20H24N4O. The summed E-state index contributed by atoms with van der Waals surface area (Å²) >= 11 is 0. The van der Waals surface area contributed by atoms with E-state index in [2.05, 4.69) is 53.0 Å². The van der Waals surface area contributed by atoms with Gasteiger partial charge in [-0.25, -0.2) is 4.98 Å². The third-order valence-corrected chi connectivity index (χ3v) is 4.44. The molecule has 0 saturated carbocycles. The smallest absolute Gasteiger partial charge is 0.147 e. The first kappa shape index (κ1) is 17.2. The number of ether oxygens (including phenoxy) is 1. The molecule has 0 radical (unpaired) electrons. The van der Waals surface area contributed by atoms with Gasteiger partial charge in [-0.1, -0.05) is 18.2 Å². The number of pyridine rings is 1. The van der Waals surface area contributed by atoms with Crippen molar-refractivity contribution >= 4 is 22.9 Å². The lowest BCUT2D eigenvalue weighted by molar-refractivity contribution is 0.186. The Bertz CT molecular complexity index is 911. The van der Waals surface area contributed by atoms with Crippen molar-refractivity contribution in [2.24, 2.45) is 5.10 Å². The number of hydrogen-bond donors (Lipinski definition) is 1. The van der Waals surface area contributed by atoms with Crippen LogP contribution in [0.3, 0.4) is 0 Å². The highest BCUT2D eigenvalue weighted by Gasteiger charge is 2.07. The zero-order valence-electron chi connectivity index (χ0n) is 15.2. The minimum atomic E-state index is 0.700. The number of aromatic nitrogens is 2. The van der Waals surface area contributed by atoms with Crippen LogP contribution in [0.1, 0.15) is 22.5 Å². The van der Waals surface area contributed by atoms with E-state index < -0.39 is 0 Å². The van der Waals surface area contributed by atoms with E-state index in [1.807, 2.05) is 30.5 Å². The molecule has 1 aromatic carbocycles. The highest BCUT2D eigenvalue weighted by Crippen LogP contribution is 2.20. The topological polar surface area (TPSA) is 51.4 Å². The number of rotatable bonds is 6. The largest absolute Gasteiger partial charge is 0.383 e. The van der Waals surface area contributed by atoms with Crippen molar-refractivity contribution < 1.29 is 4.74 Å². The number of methoxy groups -OCH3 is 1. The van der Waals surface area contributed by atoms with Crippen LogP contribution < -0.4 is 5.43 Å². The van der Waals surface area contributed by atoms with E-state index in [0.29, 0.717) is 6.61 Å². The van der Waals surface area contributed by atoms with Gasteiger partial charge in [0.15, 0.2) is 0 Å². The number of anilines is 1. The van der Waals surface area contributed by atoms with Crippen LogP contribution in [-0.4, -0.2) is 29.5 Å². The van der Waals surface area contributed by atoms with Crippen LogP contribution >= 0.6 is 0 Å². The number of hydrogen-bond acceptors (Lipinski definition) is 4. The average molecular weight is 336 g/mol. The molecule has 2 aromatic heterocycles. The highest BCUT2D eigenvalue weighted by atomic mass is 16.5. The van der Waals surface area contributed by atoms with Gasteiger partial charge in [-0.3, -0.25) is 5.43 Å². The van der Waals surface area contributed by atoms with Crippen molar-refractivity contribution in [2.45, 2.75) is 27.3 Å². The minimum Gasteiger partial charge on any atom is -0.383 e. The van der Waals surface area contributed by atoms with E-state index in [0.717, 1.165) is 23.4 Å². The molecule has 0 fully saturated rings. The van der Waals surface area contributed by atoms with Crippen molar-refractivity contribution in [3.8, 4) is 0 Å². The number of para-hydroxylation sites is 1. The summed E-state index contributed by atoms with van der Waals surface area (Å²) in [7, 11) is 1.72. The predicted octanol–water partition coefficient (Wildman–Crippen LogP) is 4.05. The van der Waals surface area contributed by atoms with Crippen molar-refractivity contribution in [2.75, 3.05) is 19.1 Å². The fraction of sp³-hybridized carbons (Fsp3) is 0.300. The lowest BCUT2D eigenvalue weighted by Gasteiger charge is -2.08. The van der Waals surface area contributed by atoms with E-state index in [9.17, 15) is 0 Å². The highest BCUT2D eigenvalue weighted by molar-refractivity contribution is 5.84. The van der Waals surface area contributed by atoms with Crippen molar-refractivity contribution in [3.63, 3.8) is 0 Å². The first-order valence-electron chi connectivity index (χ1n) is 8.41. The second kappa shape index (κ2) is 7.49. The Morgan fingerprint density at radius 3 is 2.80 bits per heavy atom. The van der Waals surface area contributed by atoms with Crippen LogP contribution in [0, 0.1) is 20.8 Å². The predicted molar refractivity (Wildman–Crippen MR) is 103 cm³/mol. The standard InChI is InChI=1S/C20H24N4O/c1-14-11-20(22-19-8-6-5-7-18(14)19)23-21-13-17-12-15(2)24(16(17)3)9-10-25-4/h5-8,11-13H,9-10H2,1-4H3,(H,22,23)/b21-13+. The SMILES string of the molecule is COCCn1c(C)cc(/C=N/Nc2cc(C)c3ccccc3n2)c1C. The van der Waals surface area contributed by atoms with Gasteiger partial charge in [0, 0.05) is 36.0 Å². The molecule has 5 nitrogen and oxygen atoms in total. The molecule has 3 rings (SSSR count). The van der Waals surface area contributed by atoms with E-state index in [1.54, 1.807) is 7.11 Å². The first-order chi connectivity index (χ1) is 12.1. The zero-order valence-corrected chi connectivity index (χ0v) is 15.2. The molecule has 0 aliphatic carbocycles. The molecule has 0 atom stereocenters. The van der Waals surface area contributed by atoms with Gasteiger partial charge in [0.1, 0.15) is 5.82 Å². The van der Waals surface area contributed by atoms with Crippen LogP contribution in [0.5, 0.6) is 0 Å². The molecule has 5 heteroatoms. The van der Waals surface area contributed by atoms with E-state index in [1.165, 1.54) is 22.3 Å². The maximum absolute atomic E-state index is 5.18. The Labute approximate surface area is 148 Å². The van der Waals surface area contributed by atoms with Gasteiger partial charge in [0.2, 0.25) is 0 Å². The second-order valence-corrected chi connectivity index (χ2v) is 6.18. The fourth-order valence-corrected chi connectivity index (χ4v) is 3.06. The van der Waals surface area contributed by atoms with Crippen LogP contribution in [-0.2, 0) is 11.3 Å². The third kappa shape index (κ3) is 3.72. The molecule has 2 heterocycles. The zero-order chi connectivity index (χ0) is 17.8. The van der Waals surface area contributed by atoms with Gasteiger partial charge in [0.25, 0.3) is 0 Å². The number of fused-ring (bicyclic) bond motifs is 1. The lowest BCUT2D eigenvalue weighted by Crippen LogP contribution is -2.07. The van der Waals surface area contributed by atoms with E-state index in [4.69, 9.17) is 4.74 Å². The van der Waals surface area contributed by atoms with Gasteiger partial charge in [-0.2, -0.15) is 5.10 Å². The van der Waals surface area contributed by atoms with Crippen molar-refractivity contribution in [3.05, 3.63) is 58.9 Å². The molecule has 1 N–H and O–H groups in total. The molecule has 0 aliphatic rings. The molecule has 130 valence electrons. The summed E-state index contributed by atoms with van der Waals surface area (Å²) < 4.78 is 7.41. The Balaban J connectivity index is 1.77. The molecule has 0 amide bonds. The van der Waals surface area contributed by atoms with Gasteiger partial charge >= 0.3 is 0 Å². The van der Waals surface area contributed by atoms with Gasteiger partial charge in [-0.15, -0.1) is 0 Å². The quantitative estimate of drug-likeness (QED) is 0.546. The molecule has 0 unspecified atom stereocenters. The van der Waals surface area contributed by atoms with Gasteiger partial charge in [-0.05, 0) is 44.5 Å². The minimum absolute atomic E-state index is 0.700. The summed E-state index contributed by atoms with van der Waals surface area (Å²) in [5.41, 5.74) is 8.68. The van der Waals surface area contributed by atoms with Crippen LogP contribution in [0.2, 0.25) is 0 Å². The summed E-state index contributed by atoms with van der Waals surface area (Å²) in [5, 5.41) is 5.54. The molecule has 0 bridgehead atoms. The molecule has 0 saturated heterocycles. The summed E-state index contributed by atoms with van der Waals surface area (Å²) in [5.74, 6) is 0.751. The normalized spacial score (nSPS) is 11.5. The van der Waals surface area contributed by atoms with E-state index >= 15 is 0 Å². The molecule has 0 aliphatic heterocycles. The van der Waals surface area contributed by atoms with Crippen LogP contribution in [0.15, 0.2) is 41.5 Å². The molecule has 3 aromatic rings. The summed E-state index contributed by atoms with van der Waals surface area (Å²) in [6.07, 6.45) is 1.85. The maximum Gasteiger partial charge on any atom is 0.147 e. The fourth-order valence-electron chi connectivity index (χ4n) is 3.06.